The van der Waals surface area contributed by atoms with Crippen LogP contribution in [0.4, 0.5) is 5.95 Å². The molecule has 2 rings (SSSR count). The second-order valence-electron chi connectivity index (χ2n) is 4.73. The molecule has 0 aromatic carbocycles. The number of aliphatic hydroxyl groups is 1. The number of fused-ring (bicyclic) bond motifs is 1. The number of aryl methyl sites for hydroxylation is 1. The predicted molar refractivity (Wildman–Crippen MR) is 71.7 cm³/mol. The maximum absolute atomic E-state index is 8.93. The first-order chi connectivity index (χ1) is 8.70. The SMILES string of the molecule is Cc1cccc2nc(NCCCC(C)CO)nn12. The number of hydrogen-bond acceptors (Lipinski definition) is 4. The topological polar surface area (TPSA) is 62.5 Å². The first kappa shape index (κ1) is 12.8. The minimum absolute atomic E-state index is 0.256. The molecule has 1 atom stereocenters. The molecular weight excluding hydrogens is 228 g/mol. The van der Waals surface area contributed by atoms with Crippen molar-refractivity contribution in [2.45, 2.75) is 26.7 Å². The van der Waals surface area contributed by atoms with Crippen LogP contribution in [0.2, 0.25) is 0 Å². The normalized spacial score (nSPS) is 12.8. The Labute approximate surface area is 107 Å². The molecule has 0 saturated carbocycles. The fraction of sp³-hybridized carbons (Fsp3) is 0.538. The summed E-state index contributed by atoms with van der Waals surface area (Å²) < 4.78 is 1.83. The van der Waals surface area contributed by atoms with E-state index in [2.05, 4.69) is 15.4 Å². The minimum atomic E-state index is 0.256. The van der Waals surface area contributed by atoms with E-state index < -0.39 is 0 Å². The van der Waals surface area contributed by atoms with Crippen LogP contribution >= 0.6 is 0 Å². The number of aromatic nitrogens is 3. The largest absolute Gasteiger partial charge is 0.396 e. The van der Waals surface area contributed by atoms with Crippen LogP contribution in [-0.2, 0) is 0 Å². The van der Waals surface area contributed by atoms with Crippen LogP contribution in [0.3, 0.4) is 0 Å². The summed E-state index contributed by atoms with van der Waals surface area (Å²) in [5, 5.41) is 16.5. The first-order valence-electron chi connectivity index (χ1n) is 6.38. The lowest BCUT2D eigenvalue weighted by Gasteiger charge is -2.06. The van der Waals surface area contributed by atoms with Crippen molar-refractivity contribution in [2.24, 2.45) is 5.92 Å². The summed E-state index contributed by atoms with van der Waals surface area (Å²) in [7, 11) is 0. The molecule has 18 heavy (non-hydrogen) atoms. The van der Waals surface area contributed by atoms with Crippen LogP contribution in [0.1, 0.15) is 25.5 Å². The van der Waals surface area contributed by atoms with Crippen LogP contribution in [0, 0.1) is 12.8 Å². The van der Waals surface area contributed by atoms with E-state index in [1.54, 1.807) is 0 Å². The van der Waals surface area contributed by atoms with Crippen molar-refractivity contribution in [2.75, 3.05) is 18.5 Å². The summed E-state index contributed by atoms with van der Waals surface area (Å²) in [5.41, 5.74) is 1.93. The lowest BCUT2D eigenvalue weighted by Crippen LogP contribution is -2.07. The molecule has 0 radical (unpaired) electrons. The van der Waals surface area contributed by atoms with E-state index in [0.717, 1.165) is 30.7 Å². The molecule has 0 aliphatic rings. The van der Waals surface area contributed by atoms with E-state index in [9.17, 15) is 0 Å². The highest BCUT2D eigenvalue weighted by Gasteiger charge is 2.04. The van der Waals surface area contributed by atoms with Gasteiger partial charge < -0.3 is 10.4 Å². The Balaban J connectivity index is 1.90. The minimum Gasteiger partial charge on any atom is -0.396 e. The summed E-state index contributed by atoms with van der Waals surface area (Å²) in [5.74, 6) is 1.03. The van der Waals surface area contributed by atoms with Gasteiger partial charge in [0.25, 0.3) is 0 Å². The molecule has 0 fully saturated rings. The zero-order valence-electron chi connectivity index (χ0n) is 10.9. The van der Waals surface area contributed by atoms with E-state index in [1.165, 1.54) is 0 Å². The third-order valence-corrected chi connectivity index (χ3v) is 3.02. The number of aliphatic hydroxyl groups excluding tert-OH is 1. The predicted octanol–water partition coefficient (Wildman–Crippen LogP) is 1.86. The van der Waals surface area contributed by atoms with Gasteiger partial charge in [0.2, 0.25) is 5.95 Å². The van der Waals surface area contributed by atoms with E-state index in [0.29, 0.717) is 11.9 Å². The van der Waals surface area contributed by atoms with E-state index in [1.807, 2.05) is 36.6 Å². The van der Waals surface area contributed by atoms with Gasteiger partial charge in [-0.2, -0.15) is 4.98 Å². The Morgan fingerprint density at radius 3 is 3.00 bits per heavy atom. The van der Waals surface area contributed by atoms with Crippen LogP contribution < -0.4 is 5.32 Å². The molecule has 2 aromatic rings. The Morgan fingerprint density at radius 1 is 1.44 bits per heavy atom. The van der Waals surface area contributed by atoms with Gasteiger partial charge in [-0.1, -0.05) is 13.0 Å². The highest BCUT2D eigenvalue weighted by Crippen LogP contribution is 2.09. The monoisotopic (exact) mass is 248 g/mol. The molecule has 98 valence electrons. The third-order valence-electron chi connectivity index (χ3n) is 3.02. The van der Waals surface area contributed by atoms with Gasteiger partial charge in [0, 0.05) is 18.8 Å². The molecule has 5 nitrogen and oxygen atoms in total. The number of nitrogens with zero attached hydrogens (tertiary/aromatic N) is 3. The number of hydrogen-bond donors (Lipinski definition) is 2. The first-order valence-corrected chi connectivity index (χ1v) is 6.38. The molecule has 0 aliphatic carbocycles. The van der Waals surface area contributed by atoms with Crippen LogP contribution in [0.15, 0.2) is 18.2 Å². The second kappa shape index (κ2) is 5.82. The third kappa shape index (κ3) is 2.98. The van der Waals surface area contributed by atoms with Gasteiger partial charge in [-0.05, 0) is 37.8 Å². The van der Waals surface area contributed by atoms with Crippen molar-refractivity contribution >= 4 is 11.6 Å². The lowest BCUT2D eigenvalue weighted by molar-refractivity contribution is 0.229. The van der Waals surface area contributed by atoms with Crippen LogP contribution in [0.5, 0.6) is 0 Å². The fourth-order valence-electron chi connectivity index (χ4n) is 1.85. The van der Waals surface area contributed by atoms with Crippen molar-refractivity contribution in [3.63, 3.8) is 0 Å². The lowest BCUT2D eigenvalue weighted by atomic mass is 10.1. The highest BCUT2D eigenvalue weighted by molar-refractivity contribution is 5.44. The quantitative estimate of drug-likeness (QED) is 0.766. The number of nitrogens with one attached hydrogen (secondary N) is 1. The molecule has 0 amide bonds. The summed E-state index contributed by atoms with van der Waals surface area (Å²) in [6, 6.07) is 5.93. The smallest absolute Gasteiger partial charge is 0.243 e. The van der Waals surface area contributed by atoms with Gasteiger partial charge >= 0.3 is 0 Å². The van der Waals surface area contributed by atoms with E-state index in [-0.39, 0.29) is 6.61 Å². The van der Waals surface area contributed by atoms with Gasteiger partial charge in [0.05, 0.1) is 0 Å². The molecule has 0 spiro atoms. The van der Waals surface area contributed by atoms with Crippen molar-refractivity contribution in [1.82, 2.24) is 14.6 Å². The second-order valence-corrected chi connectivity index (χ2v) is 4.73. The van der Waals surface area contributed by atoms with Crippen LogP contribution in [-0.4, -0.2) is 32.9 Å². The summed E-state index contributed by atoms with van der Waals surface area (Å²) in [4.78, 5) is 4.40. The molecule has 5 heteroatoms. The fourth-order valence-corrected chi connectivity index (χ4v) is 1.85. The number of rotatable bonds is 6. The number of pyridine rings is 1. The van der Waals surface area contributed by atoms with Crippen molar-refractivity contribution in [1.29, 1.82) is 0 Å². The van der Waals surface area contributed by atoms with Crippen LogP contribution in [0.25, 0.3) is 5.65 Å². The van der Waals surface area contributed by atoms with Crippen molar-refractivity contribution in [3.05, 3.63) is 23.9 Å². The molecule has 2 aromatic heterocycles. The molecule has 0 aliphatic heterocycles. The molecule has 0 bridgehead atoms. The Hall–Kier alpha value is -1.62. The molecular formula is C13H20N4O. The Kier molecular flexibility index (Phi) is 4.15. The van der Waals surface area contributed by atoms with Gasteiger partial charge in [-0.15, -0.1) is 5.10 Å². The average Bonchev–Trinajstić information content (AvgIpc) is 2.79. The van der Waals surface area contributed by atoms with E-state index in [4.69, 9.17) is 5.11 Å². The highest BCUT2D eigenvalue weighted by atomic mass is 16.3. The maximum atomic E-state index is 8.93. The summed E-state index contributed by atoms with van der Waals surface area (Å²) in [6.45, 7) is 5.15. The van der Waals surface area contributed by atoms with Gasteiger partial charge in [-0.3, -0.25) is 0 Å². The zero-order valence-corrected chi connectivity index (χ0v) is 10.9. The van der Waals surface area contributed by atoms with E-state index >= 15 is 0 Å². The maximum Gasteiger partial charge on any atom is 0.243 e. The molecule has 2 N–H and O–H groups in total. The van der Waals surface area contributed by atoms with Crippen molar-refractivity contribution < 1.29 is 5.11 Å². The summed E-state index contributed by atoms with van der Waals surface area (Å²) >= 11 is 0. The molecule has 1 unspecified atom stereocenters. The van der Waals surface area contributed by atoms with Gasteiger partial charge in [0.15, 0.2) is 5.65 Å². The zero-order chi connectivity index (χ0) is 13.0. The summed E-state index contributed by atoms with van der Waals surface area (Å²) in [6.07, 6.45) is 2.02. The average molecular weight is 248 g/mol. The Morgan fingerprint density at radius 2 is 2.28 bits per heavy atom. The van der Waals surface area contributed by atoms with Gasteiger partial charge in [-0.25, -0.2) is 4.52 Å². The molecule has 2 heterocycles. The number of anilines is 1. The Bertz CT molecular complexity index is 509. The van der Waals surface area contributed by atoms with Gasteiger partial charge in [0.1, 0.15) is 0 Å². The standard InChI is InChI=1S/C13H20N4O/c1-10(9-18)5-4-8-14-13-15-12-7-3-6-11(2)17(12)16-13/h3,6-7,10,18H,4-5,8-9H2,1-2H3,(H,14,16). The van der Waals surface area contributed by atoms with Crippen molar-refractivity contribution in [3.8, 4) is 0 Å². The molecule has 0 saturated heterocycles.